The summed E-state index contributed by atoms with van der Waals surface area (Å²) in [7, 11) is 1.68. The summed E-state index contributed by atoms with van der Waals surface area (Å²) in [5.74, 6) is 0.299. The second kappa shape index (κ2) is 5.88. The van der Waals surface area contributed by atoms with Crippen molar-refractivity contribution < 1.29 is 4.79 Å². The Kier molecular flexibility index (Phi) is 3.92. The first kappa shape index (κ1) is 16.7. The van der Waals surface area contributed by atoms with Gasteiger partial charge in [0.15, 0.2) is 5.96 Å². The van der Waals surface area contributed by atoms with Crippen LogP contribution < -0.4 is 5.73 Å². The van der Waals surface area contributed by atoms with Gasteiger partial charge in [0, 0.05) is 17.0 Å². The lowest BCUT2D eigenvalue weighted by Gasteiger charge is -2.34. The van der Waals surface area contributed by atoms with E-state index in [0.717, 1.165) is 12.0 Å². The number of carbonyl (C=O) groups is 1. The molecule has 25 heavy (non-hydrogen) atoms. The molecule has 0 bridgehead atoms. The van der Waals surface area contributed by atoms with Crippen LogP contribution in [0.5, 0.6) is 0 Å². The van der Waals surface area contributed by atoms with Crippen molar-refractivity contribution in [3.8, 4) is 0 Å². The number of benzene rings is 1. The molecule has 0 fully saturated rings. The molecule has 0 saturated heterocycles. The molecule has 2 aromatic rings. The molecule has 1 aromatic carbocycles. The zero-order valence-corrected chi connectivity index (χ0v) is 16.2. The Morgan fingerprint density at radius 1 is 1.40 bits per heavy atom. The molecule has 1 unspecified atom stereocenters. The number of carbonyl (C=O) groups excluding carboxylic acids is 1. The number of allylic oxidation sites excluding steroid dienone is 2. The molecule has 1 aromatic heterocycles. The van der Waals surface area contributed by atoms with Crippen molar-refractivity contribution in [1.29, 1.82) is 0 Å². The van der Waals surface area contributed by atoms with Crippen LogP contribution in [0.1, 0.15) is 43.1 Å². The molecule has 2 atom stereocenters. The monoisotopic (exact) mass is 371 g/mol. The number of thioether (sulfide) groups is 1. The standard InChI is InChI=1S/C19H21N3OS2/c1-11-4-5-15(25-11)14-9-13(8-12-6-7-24-17(12)14)19(2)10-16(23)22(3)18(20)21-19/h4,6-9,15H,5,10H2,1-3H3,(H2,20,21)/t15?,19-/m0/s1. The molecule has 0 aliphatic carbocycles. The van der Waals surface area contributed by atoms with Gasteiger partial charge in [0.2, 0.25) is 5.91 Å². The average molecular weight is 372 g/mol. The molecule has 2 aliphatic rings. The van der Waals surface area contributed by atoms with Crippen molar-refractivity contribution in [3.05, 3.63) is 45.7 Å². The Morgan fingerprint density at radius 2 is 2.20 bits per heavy atom. The minimum absolute atomic E-state index is 0.00900. The van der Waals surface area contributed by atoms with Gasteiger partial charge in [-0.25, -0.2) is 4.99 Å². The smallest absolute Gasteiger partial charge is 0.231 e. The number of nitrogens with two attached hydrogens (primary N) is 1. The Labute approximate surface area is 155 Å². The molecule has 130 valence electrons. The Balaban J connectivity index is 1.84. The fraction of sp³-hybridized carbons (Fsp3) is 0.368. The molecule has 0 saturated carbocycles. The minimum atomic E-state index is -0.607. The number of guanidine groups is 1. The van der Waals surface area contributed by atoms with Gasteiger partial charge in [0.1, 0.15) is 0 Å². The highest BCUT2D eigenvalue weighted by molar-refractivity contribution is 8.03. The number of nitrogens with zero attached hydrogens (tertiary/aromatic N) is 2. The zero-order chi connectivity index (χ0) is 17.8. The van der Waals surface area contributed by atoms with Crippen LogP contribution in [-0.4, -0.2) is 23.8 Å². The first-order valence-electron chi connectivity index (χ1n) is 8.34. The SMILES string of the molecule is CC1=CCC(c2cc([C@]3(C)CC(=O)N(C)C(N)=N3)cc3ccsc23)S1. The topological polar surface area (TPSA) is 58.7 Å². The fourth-order valence-corrected chi connectivity index (χ4v) is 5.69. The summed E-state index contributed by atoms with van der Waals surface area (Å²) in [6.45, 7) is 4.18. The van der Waals surface area contributed by atoms with E-state index in [-0.39, 0.29) is 5.91 Å². The van der Waals surface area contributed by atoms with Crippen LogP contribution in [0.2, 0.25) is 0 Å². The number of thiophene rings is 1. The summed E-state index contributed by atoms with van der Waals surface area (Å²) in [5.41, 5.74) is 7.81. The van der Waals surface area contributed by atoms with E-state index in [1.54, 1.807) is 18.4 Å². The third kappa shape index (κ3) is 2.77. The van der Waals surface area contributed by atoms with Crippen LogP contribution >= 0.6 is 23.1 Å². The summed E-state index contributed by atoms with van der Waals surface area (Å²) in [5, 5.41) is 3.80. The van der Waals surface area contributed by atoms with Crippen molar-refractivity contribution in [2.75, 3.05) is 7.05 Å². The molecule has 0 spiro atoms. The van der Waals surface area contributed by atoms with Gasteiger partial charge in [-0.2, -0.15) is 0 Å². The maximum atomic E-state index is 12.3. The summed E-state index contributed by atoms with van der Waals surface area (Å²) in [6.07, 6.45) is 3.70. The van der Waals surface area contributed by atoms with E-state index in [1.165, 1.54) is 25.5 Å². The highest BCUT2D eigenvalue weighted by Crippen LogP contribution is 2.48. The van der Waals surface area contributed by atoms with Crippen LogP contribution in [0.25, 0.3) is 10.1 Å². The molecule has 0 radical (unpaired) electrons. The highest BCUT2D eigenvalue weighted by Gasteiger charge is 2.37. The van der Waals surface area contributed by atoms with E-state index >= 15 is 0 Å². The van der Waals surface area contributed by atoms with Crippen molar-refractivity contribution in [2.24, 2.45) is 10.7 Å². The van der Waals surface area contributed by atoms with E-state index in [4.69, 9.17) is 5.73 Å². The van der Waals surface area contributed by atoms with Crippen molar-refractivity contribution in [3.63, 3.8) is 0 Å². The lowest BCUT2D eigenvalue weighted by atomic mass is 9.85. The normalized spacial score (nSPS) is 26.9. The van der Waals surface area contributed by atoms with Gasteiger partial charge in [-0.15, -0.1) is 23.1 Å². The predicted octanol–water partition coefficient (Wildman–Crippen LogP) is 4.38. The van der Waals surface area contributed by atoms with Crippen molar-refractivity contribution >= 4 is 45.1 Å². The Bertz CT molecular complexity index is 930. The third-order valence-corrected chi connectivity index (χ3v) is 7.32. The molecule has 6 heteroatoms. The van der Waals surface area contributed by atoms with Gasteiger partial charge in [-0.05, 0) is 59.2 Å². The van der Waals surface area contributed by atoms with Gasteiger partial charge in [-0.3, -0.25) is 9.69 Å². The Morgan fingerprint density at radius 3 is 2.88 bits per heavy atom. The van der Waals surface area contributed by atoms with Crippen LogP contribution in [0.3, 0.4) is 0 Å². The van der Waals surface area contributed by atoms with Gasteiger partial charge in [0.05, 0.1) is 12.0 Å². The molecular formula is C19H21N3OS2. The number of rotatable bonds is 2. The number of amides is 1. The first-order valence-corrected chi connectivity index (χ1v) is 10.1. The lowest BCUT2D eigenvalue weighted by molar-refractivity contribution is -0.128. The maximum absolute atomic E-state index is 12.3. The van der Waals surface area contributed by atoms with Crippen LogP contribution in [-0.2, 0) is 10.3 Å². The summed E-state index contributed by atoms with van der Waals surface area (Å²) in [4.78, 5) is 19.8. The zero-order valence-electron chi connectivity index (χ0n) is 14.6. The number of aliphatic imine (C=N–C) groups is 1. The van der Waals surface area contributed by atoms with Crippen molar-refractivity contribution in [1.82, 2.24) is 4.90 Å². The highest BCUT2D eigenvalue weighted by atomic mass is 32.2. The van der Waals surface area contributed by atoms with Gasteiger partial charge in [0.25, 0.3) is 0 Å². The number of hydrogen-bond donors (Lipinski definition) is 1. The van der Waals surface area contributed by atoms with Crippen molar-refractivity contribution in [2.45, 2.75) is 37.5 Å². The molecule has 3 heterocycles. The second-order valence-corrected chi connectivity index (χ2v) is 9.30. The van der Waals surface area contributed by atoms with E-state index in [1.807, 2.05) is 18.7 Å². The van der Waals surface area contributed by atoms with Gasteiger partial charge < -0.3 is 5.73 Å². The number of fused-ring (bicyclic) bond motifs is 1. The number of hydrogen-bond acceptors (Lipinski definition) is 5. The lowest BCUT2D eigenvalue weighted by Crippen LogP contribution is -2.47. The molecular weight excluding hydrogens is 350 g/mol. The van der Waals surface area contributed by atoms with E-state index in [0.29, 0.717) is 17.6 Å². The predicted molar refractivity (Wildman–Crippen MR) is 107 cm³/mol. The van der Waals surface area contributed by atoms with E-state index in [9.17, 15) is 4.79 Å². The quantitative estimate of drug-likeness (QED) is 0.852. The van der Waals surface area contributed by atoms with Crippen LogP contribution in [0, 0.1) is 0 Å². The van der Waals surface area contributed by atoms with E-state index in [2.05, 4.69) is 41.6 Å². The fourth-order valence-electron chi connectivity index (χ4n) is 3.52. The summed E-state index contributed by atoms with van der Waals surface area (Å²) >= 11 is 3.71. The van der Waals surface area contributed by atoms with E-state index < -0.39 is 5.54 Å². The molecule has 1 amide bonds. The minimum Gasteiger partial charge on any atom is -0.369 e. The average Bonchev–Trinajstić information content (AvgIpc) is 3.20. The third-order valence-electron chi connectivity index (χ3n) is 5.07. The molecule has 2 N–H and O–H groups in total. The molecule has 4 rings (SSSR count). The summed E-state index contributed by atoms with van der Waals surface area (Å²) < 4.78 is 1.34. The second-order valence-electron chi connectivity index (χ2n) is 6.93. The maximum Gasteiger partial charge on any atom is 0.231 e. The molecule has 2 aliphatic heterocycles. The Hall–Kier alpha value is -1.79. The van der Waals surface area contributed by atoms with Crippen LogP contribution in [0.15, 0.2) is 39.6 Å². The molecule has 4 nitrogen and oxygen atoms in total. The summed E-state index contributed by atoms with van der Waals surface area (Å²) in [6, 6.07) is 6.57. The van der Waals surface area contributed by atoms with Gasteiger partial charge >= 0.3 is 0 Å². The largest absolute Gasteiger partial charge is 0.369 e. The van der Waals surface area contributed by atoms with Gasteiger partial charge in [-0.1, -0.05) is 12.1 Å². The van der Waals surface area contributed by atoms with Crippen LogP contribution in [0.4, 0.5) is 0 Å². The first-order chi connectivity index (χ1) is 11.9.